The fourth-order valence-corrected chi connectivity index (χ4v) is 1.94. The highest BCUT2D eigenvalue weighted by atomic mass is 16.2. The molecule has 0 unspecified atom stereocenters. The van der Waals surface area contributed by atoms with E-state index in [-0.39, 0.29) is 12.5 Å². The van der Waals surface area contributed by atoms with Gasteiger partial charge >= 0.3 is 0 Å². The van der Waals surface area contributed by atoms with Gasteiger partial charge in [-0.15, -0.1) is 0 Å². The Balaban J connectivity index is 2.10. The lowest BCUT2D eigenvalue weighted by Gasteiger charge is -2.29. The van der Waals surface area contributed by atoms with Crippen molar-refractivity contribution in [3.63, 3.8) is 0 Å². The SMILES string of the molecule is Nc1cncc(N2CC(=O)Nc3ccccc32)n1. The van der Waals surface area contributed by atoms with E-state index in [4.69, 9.17) is 5.73 Å². The van der Waals surface area contributed by atoms with Gasteiger partial charge < -0.3 is 16.0 Å². The summed E-state index contributed by atoms with van der Waals surface area (Å²) in [6.07, 6.45) is 3.06. The zero-order valence-electron chi connectivity index (χ0n) is 9.50. The maximum atomic E-state index is 11.7. The molecule has 1 aromatic carbocycles. The third kappa shape index (κ3) is 1.73. The van der Waals surface area contributed by atoms with Gasteiger partial charge in [-0.3, -0.25) is 9.78 Å². The molecule has 6 heteroatoms. The second-order valence-electron chi connectivity index (χ2n) is 3.95. The number of aromatic nitrogens is 2. The number of benzene rings is 1. The van der Waals surface area contributed by atoms with E-state index in [0.29, 0.717) is 11.6 Å². The zero-order chi connectivity index (χ0) is 12.5. The number of anilines is 4. The van der Waals surface area contributed by atoms with Crippen LogP contribution in [-0.4, -0.2) is 22.4 Å². The van der Waals surface area contributed by atoms with Crippen LogP contribution in [0.4, 0.5) is 23.0 Å². The fourth-order valence-electron chi connectivity index (χ4n) is 1.94. The van der Waals surface area contributed by atoms with Crippen LogP contribution in [0.5, 0.6) is 0 Å². The number of hydrogen-bond donors (Lipinski definition) is 2. The van der Waals surface area contributed by atoms with E-state index in [1.807, 2.05) is 24.3 Å². The number of fused-ring (bicyclic) bond motifs is 1. The van der Waals surface area contributed by atoms with Crippen molar-refractivity contribution in [3.05, 3.63) is 36.7 Å². The molecular formula is C12H11N5O. The summed E-state index contributed by atoms with van der Waals surface area (Å²) in [6, 6.07) is 7.54. The highest BCUT2D eigenvalue weighted by Crippen LogP contribution is 2.33. The van der Waals surface area contributed by atoms with Crippen LogP contribution in [0.2, 0.25) is 0 Å². The maximum absolute atomic E-state index is 11.7. The Morgan fingerprint density at radius 3 is 2.94 bits per heavy atom. The van der Waals surface area contributed by atoms with Gasteiger partial charge in [-0.2, -0.15) is 0 Å². The molecule has 1 amide bonds. The highest BCUT2D eigenvalue weighted by Gasteiger charge is 2.23. The van der Waals surface area contributed by atoms with Crippen molar-refractivity contribution in [2.45, 2.75) is 0 Å². The minimum absolute atomic E-state index is 0.0853. The van der Waals surface area contributed by atoms with Crippen LogP contribution in [0, 0.1) is 0 Å². The van der Waals surface area contributed by atoms with E-state index in [0.717, 1.165) is 11.4 Å². The van der Waals surface area contributed by atoms with Crippen molar-refractivity contribution < 1.29 is 4.79 Å². The number of amides is 1. The smallest absolute Gasteiger partial charge is 0.244 e. The van der Waals surface area contributed by atoms with E-state index in [1.54, 1.807) is 11.1 Å². The van der Waals surface area contributed by atoms with Crippen molar-refractivity contribution in [2.24, 2.45) is 0 Å². The summed E-state index contributed by atoms with van der Waals surface area (Å²) in [5.41, 5.74) is 7.27. The van der Waals surface area contributed by atoms with Gasteiger partial charge in [0.2, 0.25) is 5.91 Å². The number of para-hydroxylation sites is 2. The van der Waals surface area contributed by atoms with E-state index >= 15 is 0 Å². The lowest BCUT2D eigenvalue weighted by molar-refractivity contribution is -0.115. The molecule has 0 fully saturated rings. The molecule has 1 aromatic heterocycles. The van der Waals surface area contributed by atoms with Crippen molar-refractivity contribution in [1.82, 2.24) is 9.97 Å². The minimum Gasteiger partial charge on any atom is -0.382 e. The molecule has 90 valence electrons. The van der Waals surface area contributed by atoms with E-state index < -0.39 is 0 Å². The van der Waals surface area contributed by atoms with Gasteiger partial charge in [-0.05, 0) is 12.1 Å². The topological polar surface area (TPSA) is 84.1 Å². The largest absolute Gasteiger partial charge is 0.382 e. The Hall–Kier alpha value is -2.63. The highest BCUT2D eigenvalue weighted by molar-refractivity contribution is 6.02. The lowest BCUT2D eigenvalue weighted by atomic mass is 10.2. The summed E-state index contributed by atoms with van der Waals surface area (Å²) >= 11 is 0. The summed E-state index contributed by atoms with van der Waals surface area (Å²) in [5, 5.41) is 2.81. The number of nitrogens with one attached hydrogen (secondary N) is 1. The third-order valence-electron chi connectivity index (χ3n) is 2.69. The molecule has 18 heavy (non-hydrogen) atoms. The molecule has 0 saturated carbocycles. The van der Waals surface area contributed by atoms with Crippen LogP contribution in [0.25, 0.3) is 0 Å². The van der Waals surface area contributed by atoms with Crippen LogP contribution in [-0.2, 0) is 4.79 Å². The predicted octanol–water partition coefficient (Wildman–Crippen LogP) is 1.15. The predicted molar refractivity (Wildman–Crippen MR) is 68.5 cm³/mol. The van der Waals surface area contributed by atoms with E-state index in [9.17, 15) is 4.79 Å². The van der Waals surface area contributed by atoms with Crippen LogP contribution in [0.3, 0.4) is 0 Å². The number of carbonyl (C=O) groups excluding carboxylic acids is 1. The van der Waals surface area contributed by atoms with E-state index in [2.05, 4.69) is 15.3 Å². The number of rotatable bonds is 1. The first kappa shape index (κ1) is 10.5. The average molecular weight is 241 g/mol. The quantitative estimate of drug-likeness (QED) is 0.782. The number of nitrogens with zero attached hydrogens (tertiary/aromatic N) is 3. The van der Waals surface area contributed by atoms with Crippen molar-refractivity contribution in [3.8, 4) is 0 Å². The molecule has 0 saturated heterocycles. The van der Waals surface area contributed by atoms with E-state index in [1.165, 1.54) is 6.20 Å². The Kier molecular flexibility index (Phi) is 2.33. The molecule has 0 radical (unpaired) electrons. The fraction of sp³-hybridized carbons (Fsp3) is 0.0833. The Labute approximate surface area is 103 Å². The van der Waals surface area contributed by atoms with Gasteiger partial charge in [0.05, 0.1) is 23.8 Å². The van der Waals surface area contributed by atoms with Crippen LogP contribution < -0.4 is 16.0 Å². The van der Waals surface area contributed by atoms with Crippen LogP contribution in [0.1, 0.15) is 0 Å². The average Bonchev–Trinajstić information content (AvgIpc) is 2.37. The summed E-state index contributed by atoms with van der Waals surface area (Å²) in [7, 11) is 0. The third-order valence-corrected chi connectivity index (χ3v) is 2.69. The second kappa shape index (κ2) is 3.99. The van der Waals surface area contributed by atoms with Gasteiger partial charge in [-0.1, -0.05) is 12.1 Å². The summed E-state index contributed by atoms with van der Waals surface area (Å²) in [6.45, 7) is 0.204. The number of hydrogen-bond acceptors (Lipinski definition) is 5. The first-order valence-electron chi connectivity index (χ1n) is 5.48. The number of carbonyl (C=O) groups is 1. The number of nitrogen functional groups attached to an aromatic ring is 1. The lowest BCUT2D eigenvalue weighted by Crippen LogP contribution is -2.35. The molecule has 0 atom stereocenters. The Morgan fingerprint density at radius 1 is 1.28 bits per heavy atom. The summed E-state index contributed by atoms with van der Waals surface area (Å²) in [4.78, 5) is 21.6. The van der Waals surface area contributed by atoms with Crippen molar-refractivity contribution >= 4 is 28.9 Å². The van der Waals surface area contributed by atoms with Gasteiger partial charge in [0, 0.05) is 0 Å². The Morgan fingerprint density at radius 2 is 2.11 bits per heavy atom. The molecule has 1 aliphatic rings. The van der Waals surface area contributed by atoms with Crippen molar-refractivity contribution in [1.29, 1.82) is 0 Å². The molecule has 3 rings (SSSR count). The maximum Gasteiger partial charge on any atom is 0.244 e. The zero-order valence-corrected chi connectivity index (χ0v) is 9.50. The molecular weight excluding hydrogens is 230 g/mol. The summed E-state index contributed by atoms with van der Waals surface area (Å²) in [5.74, 6) is 0.811. The molecule has 6 nitrogen and oxygen atoms in total. The number of nitrogens with two attached hydrogens (primary N) is 1. The van der Waals surface area contributed by atoms with Gasteiger partial charge in [0.1, 0.15) is 12.4 Å². The molecule has 2 heterocycles. The second-order valence-corrected chi connectivity index (χ2v) is 3.95. The normalized spacial score (nSPS) is 14.0. The van der Waals surface area contributed by atoms with Crippen LogP contribution in [0.15, 0.2) is 36.7 Å². The molecule has 0 spiro atoms. The first-order chi connectivity index (χ1) is 8.74. The monoisotopic (exact) mass is 241 g/mol. The van der Waals surface area contributed by atoms with Gasteiger partial charge in [0.25, 0.3) is 0 Å². The molecule has 0 aliphatic carbocycles. The van der Waals surface area contributed by atoms with Gasteiger partial charge in [-0.25, -0.2) is 4.98 Å². The summed E-state index contributed by atoms with van der Waals surface area (Å²) < 4.78 is 0. The van der Waals surface area contributed by atoms with Gasteiger partial charge in [0.15, 0.2) is 5.82 Å². The molecule has 3 N–H and O–H groups in total. The molecule has 0 bridgehead atoms. The molecule has 1 aliphatic heterocycles. The van der Waals surface area contributed by atoms with Crippen molar-refractivity contribution in [2.75, 3.05) is 22.5 Å². The standard InChI is InChI=1S/C12H11N5O/c13-10-5-14-6-11(16-10)17-7-12(18)15-8-3-1-2-4-9(8)17/h1-6H,7H2,(H2,13,16)(H,15,18). The minimum atomic E-state index is -0.0853. The van der Waals surface area contributed by atoms with Crippen LogP contribution >= 0.6 is 0 Å². The Bertz CT molecular complexity index is 613. The first-order valence-corrected chi connectivity index (χ1v) is 5.48. The molecule has 2 aromatic rings.